The highest BCUT2D eigenvalue weighted by atomic mass is 35.5. The molecule has 0 spiro atoms. The Bertz CT molecular complexity index is 662. The van der Waals surface area contributed by atoms with Crippen LogP contribution in [-0.4, -0.2) is 51.9 Å². The van der Waals surface area contributed by atoms with Gasteiger partial charge in [0.25, 0.3) is 0 Å². The number of nitrogens with zero attached hydrogens (tertiary/aromatic N) is 1. The average molecular weight is 408 g/mol. The van der Waals surface area contributed by atoms with Gasteiger partial charge in [-0.25, -0.2) is 17.5 Å². The van der Waals surface area contributed by atoms with Crippen molar-refractivity contribution in [1.29, 1.82) is 0 Å². The van der Waals surface area contributed by atoms with Gasteiger partial charge in [-0.2, -0.15) is 0 Å². The minimum Gasteiger partial charge on any atom is -0.343 e. The van der Waals surface area contributed by atoms with E-state index in [1.165, 1.54) is 12.1 Å². The molecular formula is C17H27ClFN3O3S. The zero-order valence-electron chi connectivity index (χ0n) is 14.9. The first-order valence-corrected chi connectivity index (χ1v) is 10.1. The van der Waals surface area contributed by atoms with Crippen LogP contribution in [0.25, 0.3) is 0 Å². The van der Waals surface area contributed by atoms with Gasteiger partial charge in [-0.05, 0) is 56.1 Å². The normalized spacial score (nSPS) is 15.5. The van der Waals surface area contributed by atoms with Crippen molar-refractivity contribution in [3.05, 3.63) is 30.1 Å². The first kappa shape index (κ1) is 22.8. The number of hydrogen-bond donors (Lipinski definition) is 2. The van der Waals surface area contributed by atoms with Gasteiger partial charge in [-0.3, -0.25) is 4.79 Å². The predicted molar refractivity (Wildman–Crippen MR) is 101 cm³/mol. The number of likely N-dealkylation sites (tertiary alicyclic amines) is 1. The van der Waals surface area contributed by atoms with Gasteiger partial charge in [0.15, 0.2) is 0 Å². The third-order valence-electron chi connectivity index (χ3n) is 4.41. The fourth-order valence-electron chi connectivity index (χ4n) is 2.88. The number of nitrogens with one attached hydrogen (secondary N) is 2. The summed E-state index contributed by atoms with van der Waals surface area (Å²) in [6.07, 6.45) is 2.07. The maximum absolute atomic E-state index is 12.9. The molecule has 1 heterocycles. The Labute approximate surface area is 161 Å². The summed E-state index contributed by atoms with van der Waals surface area (Å²) in [5.41, 5.74) is 0. The molecule has 2 N–H and O–H groups in total. The lowest BCUT2D eigenvalue weighted by molar-refractivity contribution is -0.132. The number of carbonyl (C=O) groups is 1. The van der Waals surface area contributed by atoms with Gasteiger partial charge in [-0.1, -0.05) is 6.92 Å². The molecule has 0 atom stereocenters. The quantitative estimate of drug-likeness (QED) is 0.688. The van der Waals surface area contributed by atoms with Crippen molar-refractivity contribution in [2.75, 3.05) is 32.7 Å². The molecule has 2 rings (SSSR count). The maximum Gasteiger partial charge on any atom is 0.240 e. The van der Waals surface area contributed by atoms with Crippen LogP contribution < -0.4 is 10.0 Å². The number of piperidine rings is 1. The largest absolute Gasteiger partial charge is 0.343 e. The standard InChI is InChI=1S/C17H26FN3O3S.ClH/c1-2-19-13-14-8-11-21(12-9-14)17(22)7-10-20-25(23,24)16-5-3-15(18)4-6-16;/h3-6,14,19-20H,2,7-13H2,1H3;1H. The fraction of sp³-hybridized carbons (Fsp3) is 0.588. The highest BCUT2D eigenvalue weighted by Gasteiger charge is 2.22. The van der Waals surface area contributed by atoms with Crippen molar-refractivity contribution in [1.82, 2.24) is 14.9 Å². The molecule has 6 nitrogen and oxygen atoms in total. The molecule has 0 saturated carbocycles. The van der Waals surface area contributed by atoms with Crippen molar-refractivity contribution in [2.24, 2.45) is 5.92 Å². The van der Waals surface area contributed by atoms with E-state index in [0.717, 1.165) is 51.2 Å². The van der Waals surface area contributed by atoms with Crippen LogP contribution in [0, 0.1) is 11.7 Å². The Morgan fingerprint density at radius 2 is 1.85 bits per heavy atom. The van der Waals surface area contributed by atoms with Crippen molar-refractivity contribution in [3.63, 3.8) is 0 Å². The predicted octanol–water partition coefficient (Wildman–Crippen LogP) is 1.76. The van der Waals surface area contributed by atoms with Crippen molar-refractivity contribution in [2.45, 2.75) is 31.1 Å². The molecule has 1 fully saturated rings. The number of halogens is 2. The Morgan fingerprint density at radius 1 is 1.23 bits per heavy atom. The molecule has 1 aromatic rings. The topological polar surface area (TPSA) is 78.5 Å². The first-order valence-electron chi connectivity index (χ1n) is 8.66. The molecule has 1 aliphatic rings. The van der Waals surface area contributed by atoms with Gasteiger partial charge >= 0.3 is 0 Å². The zero-order valence-corrected chi connectivity index (χ0v) is 16.5. The summed E-state index contributed by atoms with van der Waals surface area (Å²) in [7, 11) is -3.72. The number of carbonyl (C=O) groups excluding carboxylic acids is 1. The van der Waals surface area contributed by atoms with Crippen LogP contribution in [0.1, 0.15) is 26.2 Å². The summed E-state index contributed by atoms with van der Waals surface area (Å²) < 4.78 is 39.4. The van der Waals surface area contributed by atoms with Gasteiger partial charge < -0.3 is 10.2 Å². The van der Waals surface area contributed by atoms with E-state index < -0.39 is 15.8 Å². The molecule has 1 amide bonds. The molecule has 0 radical (unpaired) electrons. The Kier molecular flexibility index (Phi) is 9.49. The van der Waals surface area contributed by atoms with Gasteiger partial charge in [0.1, 0.15) is 5.82 Å². The number of rotatable bonds is 8. The number of amides is 1. The maximum atomic E-state index is 12.9. The van der Waals surface area contributed by atoms with Crippen LogP contribution in [0.2, 0.25) is 0 Å². The fourth-order valence-corrected chi connectivity index (χ4v) is 3.91. The molecule has 148 valence electrons. The summed E-state index contributed by atoms with van der Waals surface area (Å²) in [4.78, 5) is 14.0. The third kappa shape index (κ3) is 6.83. The SMILES string of the molecule is CCNCC1CCN(C(=O)CCNS(=O)(=O)c2ccc(F)cc2)CC1.Cl. The first-order chi connectivity index (χ1) is 11.9. The number of sulfonamides is 1. The molecule has 1 saturated heterocycles. The Morgan fingerprint density at radius 3 is 2.42 bits per heavy atom. The van der Waals surface area contributed by atoms with E-state index in [9.17, 15) is 17.6 Å². The highest BCUT2D eigenvalue weighted by Crippen LogP contribution is 2.17. The van der Waals surface area contributed by atoms with Gasteiger partial charge in [-0.15, -0.1) is 12.4 Å². The average Bonchev–Trinajstić information content (AvgIpc) is 2.60. The second-order valence-electron chi connectivity index (χ2n) is 6.23. The van der Waals surface area contributed by atoms with Crippen molar-refractivity contribution < 1.29 is 17.6 Å². The second-order valence-corrected chi connectivity index (χ2v) is 8.00. The molecule has 0 aromatic heterocycles. The lowest BCUT2D eigenvalue weighted by Gasteiger charge is -2.32. The lowest BCUT2D eigenvalue weighted by Crippen LogP contribution is -2.41. The van der Waals surface area contributed by atoms with E-state index in [1.807, 2.05) is 0 Å². The van der Waals surface area contributed by atoms with Crippen LogP contribution in [0.4, 0.5) is 4.39 Å². The van der Waals surface area contributed by atoms with Crippen molar-refractivity contribution >= 4 is 28.3 Å². The molecular weight excluding hydrogens is 381 g/mol. The van der Waals surface area contributed by atoms with Crippen LogP contribution >= 0.6 is 12.4 Å². The Balaban J connectivity index is 0.00000338. The van der Waals surface area contributed by atoms with Crippen LogP contribution in [-0.2, 0) is 14.8 Å². The zero-order chi connectivity index (χ0) is 18.3. The van der Waals surface area contributed by atoms with Gasteiger partial charge in [0, 0.05) is 26.1 Å². The summed E-state index contributed by atoms with van der Waals surface area (Å²) in [5, 5.41) is 3.33. The highest BCUT2D eigenvalue weighted by molar-refractivity contribution is 7.89. The monoisotopic (exact) mass is 407 g/mol. The number of hydrogen-bond acceptors (Lipinski definition) is 4. The molecule has 0 unspecified atom stereocenters. The van der Waals surface area contributed by atoms with E-state index in [0.29, 0.717) is 5.92 Å². The molecule has 26 heavy (non-hydrogen) atoms. The van der Waals surface area contributed by atoms with Gasteiger partial charge in [0.05, 0.1) is 4.90 Å². The lowest BCUT2D eigenvalue weighted by atomic mass is 9.96. The molecule has 9 heteroatoms. The van der Waals surface area contributed by atoms with Crippen LogP contribution in [0.15, 0.2) is 29.2 Å². The molecule has 1 aliphatic heterocycles. The molecule has 0 aliphatic carbocycles. The van der Waals surface area contributed by atoms with E-state index >= 15 is 0 Å². The smallest absolute Gasteiger partial charge is 0.240 e. The van der Waals surface area contributed by atoms with E-state index in [1.54, 1.807) is 4.90 Å². The summed E-state index contributed by atoms with van der Waals surface area (Å²) in [5.74, 6) is 0.0661. The third-order valence-corrected chi connectivity index (χ3v) is 5.88. The summed E-state index contributed by atoms with van der Waals surface area (Å²) >= 11 is 0. The molecule has 1 aromatic carbocycles. The van der Waals surface area contributed by atoms with E-state index in [4.69, 9.17) is 0 Å². The second kappa shape index (κ2) is 10.8. The van der Waals surface area contributed by atoms with Crippen LogP contribution in [0.5, 0.6) is 0 Å². The minimum atomic E-state index is -3.72. The van der Waals surface area contributed by atoms with Gasteiger partial charge in [0.2, 0.25) is 15.9 Å². The molecule has 0 bridgehead atoms. The summed E-state index contributed by atoms with van der Waals surface area (Å²) in [6.45, 7) is 5.49. The summed E-state index contributed by atoms with van der Waals surface area (Å²) in [6, 6.07) is 4.59. The minimum absolute atomic E-state index is 0. The van der Waals surface area contributed by atoms with E-state index in [2.05, 4.69) is 17.0 Å². The van der Waals surface area contributed by atoms with Crippen molar-refractivity contribution in [3.8, 4) is 0 Å². The Hall–Kier alpha value is -1.22. The van der Waals surface area contributed by atoms with E-state index in [-0.39, 0.29) is 36.2 Å². The van der Waals surface area contributed by atoms with Crippen LogP contribution in [0.3, 0.4) is 0 Å². The number of benzene rings is 1.